The lowest BCUT2D eigenvalue weighted by Gasteiger charge is -2.37. The highest BCUT2D eigenvalue weighted by atomic mass is 16.1. The molecular weight excluding hydrogens is 258 g/mol. The SMILES string of the molecule is O=C1CCC[C@H]2CC[C@@H]3CC[C@H](C12)N3Cc1ccccc1. The van der Waals surface area contributed by atoms with Crippen molar-refractivity contribution in [3.63, 3.8) is 0 Å². The van der Waals surface area contributed by atoms with Gasteiger partial charge in [-0.2, -0.15) is 0 Å². The molecule has 21 heavy (non-hydrogen) atoms. The van der Waals surface area contributed by atoms with Gasteiger partial charge in [0.15, 0.2) is 0 Å². The lowest BCUT2D eigenvalue weighted by Crippen LogP contribution is -2.44. The van der Waals surface area contributed by atoms with Crippen LogP contribution in [-0.2, 0) is 11.3 Å². The third-order valence-electron chi connectivity index (χ3n) is 6.06. The van der Waals surface area contributed by atoms with Crippen LogP contribution in [0.4, 0.5) is 0 Å². The number of hydrogen-bond donors (Lipinski definition) is 0. The zero-order chi connectivity index (χ0) is 14.2. The lowest BCUT2D eigenvalue weighted by molar-refractivity contribution is -0.129. The number of carbonyl (C=O) groups is 1. The fraction of sp³-hybridized carbons (Fsp3) is 0.632. The van der Waals surface area contributed by atoms with Crippen molar-refractivity contribution in [2.24, 2.45) is 11.8 Å². The van der Waals surface area contributed by atoms with Gasteiger partial charge in [-0.05, 0) is 50.0 Å². The summed E-state index contributed by atoms with van der Waals surface area (Å²) in [6.45, 7) is 1.03. The molecule has 112 valence electrons. The Morgan fingerprint density at radius 1 is 1.00 bits per heavy atom. The third kappa shape index (κ3) is 2.44. The molecule has 2 heterocycles. The maximum absolute atomic E-state index is 12.5. The van der Waals surface area contributed by atoms with Crippen LogP contribution in [0, 0.1) is 11.8 Å². The minimum Gasteiger partial charge on any atom is -0.299 e. The van der Waals surface area contributed by atoms with Crippen molar-refractivity contribution in [1.29, 1.82) is 0 Å². The maximum atomic E-state index is 12.5. The van der Waals surface area contributed by atoms with E-state index < -0.39 is 0 Å². The van der Waals surface area contributed by atoms with Crippen molar-refractivity contribution in [3.8, 4) is 0 Å². The Kier molecular flexibility index (Phi) is 3.58. The first kappa shape index (κ1) is 13.5. The molecule has 1 unspecified atom stereocenters. The van der Waals surface area contributed by atoms with Gasteiger partial charge in [0.2, 0.25) is 0 Å². The van der Waals surface area contributed by atoms with Crippen molar-refractivity contribution < 1.29 is 4.79 Å². The Hall–Kier alpha value is -1.15. The van der Waals surface area contributed by atoms with E-state index in [0.717, 1.165) is 19.4 Å². The molecule has 0 N–H and O–H groups in total. The number of carbonyl (C=O) groups excluding carboxylic acids is 1. The summed E-state index contributed by atoms with van der Waals surface area (Å²) in [6, 6.07) is 12.0. The van der Waals surface area contributed by atoms with E-state index >= 15 is 0 Å². The van der Waals surface area contributed by atoms with Crippen LogP contribution >= 0.6 is 0 Å². The Balaban J connectivity index is 1.60. The molecule has 1 aromatic rings. The number of ketones is 1. The molecule has 2 heteroatoms. The Morgan fingerprint density at radius 3 is 2.67 bits per heavy atom. The topological polar surface area (TPSA) is 20.3 Å². The molecule has 0 radical (unpaired) electrons. The van der Waals surface area contributed by atoms with Gasteiger partial charge in [0, 0.05) is 31.0 Å². The molecule has 3 fully saturated rings. The van der Waals surface area contributed by atoms with Gasteiger partial charge in [-0.1, -0.05) is 30.3 Å². The molecule has 2 nitrogen and oxygen atoms in total. The van der Waals surface area contributed by atoms with Gasteiger partial charge < -0.3 is 0 Å². The minimum atomic E-state index is 0.343. The first-order valence-corrected chi connectivity index (χ1v) is 8.65. The van der Waals surface area contributed by atoms with Gasteiger partial charge in [-0.25, -0.2) is 0 Å². The highest BCUT2D eigenvalue weighted by Gasteiger charge is 2.47. The first-order chi connectivity index (χ1) is 10.3. The smallest absolute Gasteiger partial charge is 0.137 e. The third-order valence-corrected chi connectivity index (χ3v) is 6.06. The van der Waals surface area contributed by atoms with Crippen molar-refractivity contribution in [3.05, 3.63) is 35.9 Å². The molecule has 1 saturated carbocycles. The van der Waals surface area contributed by atoms with Crippen molar-refractivity contribution in [1.82, 2.24) is 4.90 Å². The summed E-state index contributed by atoms with van der Waals surface area (Å²) in [4.78, 5) is 15.2. The van der Waals surface area contributed by atoms with E-state index in [1.54, 1.807) is 0 Å². The summed E-state index contributed by atoms with van der Waals surface area (Å²) >= 11 is 0. The van der Waals surface area contributed by atoms with Gasteiger partial charge in [0.1, 0.15) is 5.78 Å². The number of benzene rings is 1. The molecule has 1 aliphatic carbocycles. The van der Waals surface area contributed by atoms with Gasteiger partial charge in [0.05, 0.1) is 0 Å². The second-order valence-electron chi connectivity index (χ2n) is 7.18. The fourth-order valence-electron chi connectivity index (χ4n) is 5.11. The summed E-state index contributed by atoms with van der Waals surface area (Å²) in [5, 5.41) is 0. The van der Waals surface area contributed by atoms with Crippen molar-refractivity contribution in [2.75, 3.05) is 0 Å². The Labute approximate surface area is 127 Å². The molecule has 4 atom stereocenters. The molecule has 2 bridgehead atoms. The van der Waals surface area contributed by atoms with Gasteiger partial charge in [-0.15, -0.1) is 0 Å². The molecule has 3 aliphatic rings. The number of Topliss-reactive ketones (excluding diaryl/α,β-unsaturated/α-hetero) is 1. The second-order valence-corrected chi connectivity index (χ2v) is 7.18. The fourth-order valence-corrected chi connectivity index (χ4v) is 5.11. The van der Waals surface area contributed by atoms with Crippen LogP contribution in [0.25, 0.3) is 0 Å². The monoisotopic (exact) mass is 283 g/mol. The molecule has 2 aliphatic heterocycles. The maximum Gasteiger partial charge on any atom is 0.137 e. The first-order valence-electron chi connectivity index (χ1n) is 8.65. The number of nitrogens with zero attached hydrogens (tertiary/aromatic N) is 1. The summed E-state index contributed by atoms with van der Waals surface area (Å²) in [6.07, 6.45) is 8.38. The van der Waals surface area contributed by atoms with Crippen LogP contribution in [0.2, 0.25) is 0 Å². The molecule has 0 amide bonds. The van der Waals surface area contributed by atoms with E-state index in [1.807, 2.05) is 0 Å². The largest absolute Gasteiger partial charge is 0.299 e. The van der Waals surface area contributed by atoms with Gasteiger partial charge in [-0.3, -0.25) is 9.69 Å². The van der Waals surface area contributed by atoms with Crippen LogP contribution in [0.3, 0.4) is 0 Å². The lowest BCUT2D eigenvalue weighted by atomic mass is 9.71. The predicted octanol–water partition coefficient (Wildman–Crippen LogP) is 3.80. The van der Waals surface area contributed by atoms with Crippen LogP contribution in [0.5, 0.6) is 0 Å². The van der Waals surface area contributed by atoms with Crippen molar-refractivity contribution in [2.45, 2.75) is 63.6 Å². The average Bonchev–Trinajstić information content (AvgIpc) is 2.80. The van der Waals surface area contributed by atoms with Crippen LogP contribution < -0.4 is 0 Å². The van der Waals surface area contributed by atoms with E-state index in [9.17, 15) is 4.79 Å². The highest BCUT2D eigenvalue weighted by Crippen LogP contribution is 2.45. The van der Waals surface area contributed by atoms with E-state index in [2.05, 4.69) is 35.2 Å². The highest BCUT2D eigenvalue weighted by molar-refractivity contribution is 5.82. The van der Waals surface area contributed by atoms with E-state index in [1.165, 1.54) is 37.7 Å². The molecule has 1 aromatic carbocycles. The zero-order valence-corrected chi connectivity index (χ0v) is 12.7. The Morgan fingerprint density at radius 2 is 1.81 bits per heavy atom. The molecular formula is C19H25NO. The van der Waals surface area contributed by atoms with Crippen molar-refractivity contribution >= 4 is 5.78 Å². The summed E-state index contributed by atoms with van der Waals surface area (Å²) in [5.74, 6) is 1.59. The number of hydrogen-bond acceptors (Lipinski definition) is 2. The molecule has 0 aromatic heterocycles. The molecule has 2 saturated heterocycles. The summed E-state index contributed by atoms with van der Waals surface area (Å²) in [7, 11) is 0. The zero-order valence-electron chi connectivity index (χ0n) is 12.7. The van der Waals surface area contributed by atoms with E-state index in [4.69, 9.17) is 0 Å². The number of rotatable bonds is 2. The standard InChI is InChI=1S/C19H25NO/c21-18-8-4-7-15-9-10-16-11-12-17(19(15)18)20(16)13-14-5-2-1-3-6-14/h1-3,5-6,15-17,19H,4,7-13H2/t15-,16+,17+,19?/m0/s1. The average molecular weight is 283 g/mol. The normalized spacial score (nSPS) is 36.3. The van der Waals surface area contributed by atoms with E-state index in [-0.39, 0.29) is 0 Å². The predicted molar refractivity (Wildman–Crippen MR) is 83.9 cm³/mol. The van der Waals surface area contributed by atoms with Crippen LogP contribution in [0.1, 0.15) is 50.5 Å². The molecule has 0 spiro atoms. The second kappa shape index (κ2) is 5.57. The van der Waals surface area contributed by atoms with Crippen LogP contribution in [-0.4, -0.2) is 22.8 Å². The van der Waals surface area contributed by atoms with E-state index in [0.29, 0.717) is 29.7 Å². The van der Waals surface area contributed by atoms with Gasteiger partial charge in [0.25, 0.3) is 0 Å². The Bertz CT molecular complexity index is 512. The number of fused-ring (bicyclic) bond motifs is 4. The summed E-state index contributed by atoms with van der Waals surface area (Å²) < 4.78 is 0. The molecule has 4 rings (SSSR count). The van der Waals surface area contributed by atoms with Crippen LogP contribution in [0.15, 0.2) is 30.3 Å². The quantitative estimate of drug-likeness (QED) is 0.823. The van der Waals surface area contributed by atoms with Gasteiger partial charge >= 0.3 is 0 Å². The summed E-state index contributed by atoms with van der Waals surface area (Å²) in [5.41, 5.74) is 1.40. The minimum absolute atomic E-state index is 0.343.